The van der Waals surface area contributed by atoms with Crippen LogP contribution in [0.25, 0.3) is 11.4 Å². The van der Waals surface area contributed by atoms with Crippen molar-refractivity contribution in [2.24, 2.45) is 5.73 Å². The molecule has 1 atom stereocenters. The first-order chi connectivity index (χ1) is 8.69. The number of hydrogen-bond acceptors (Lipinski definition) is 4. The van der Waals surface area contributed by atoms with Crippen LogP contribution in [0.2, 0.25) is 0 Å². The van der Waals surface area contributed by atoms with E-state index in [2.05, 4.69) is 9.97 Å². The minimum atomic E-state index is 0.0954. The monoisotopic (exact) mass is 243 g/mol. The van der Waals surface area contributed by atoms with Gasteiger partial charge in [0.25, 0.3) is 0 Å². The maximum absolute atomic E-state index is 5.78. The number of nitrogens with zero attached hydrogens (tertiary/aromatic N) is 2. The minimum absolute atomic E-state index is 0.0954. The molecular formula is C14H17N3O. The second-order valence-corrected chi connectivity index (χ2v) is 4.28. The Hall–Kier alpha value is -1.94. The molecule has 4 nitrogen and oxygen atoms in total. The summed E-state index contributed by atoms with van der Waals surface area (Å²) in [5.41, 5.74) is 7.68. The number of ether oxygens (including phenoxy) is 1. The molecule has 2 rings (SSSR count). The molecule has 0 bridgehead atoms. The molecule has 1 heterocycles. The Morgan fingerprint density at radius 1 is 1.33 bits per heavy atom. The zero-order valence-electron chi connectivity index (χ0n) is 10.6. The molecule has 0 aliphatic rings. The second-order valence-electron chi connectivity index (χ2n) is 4.28. The zero-order chi connectivity index (χ0) is 13.0. The van der Waals surface area contributed by atoms with Crippen LogP contribution in [0.5, 0.6) is 5.75 Å². The quantitative estimate of drug-likeness (QED) is 0.892. The smallest absolute Gasteiger partial charge is 0.159 e. The highest BCUT2D eigenvalue weighted by atomic mass is 16.5. The summed E-state index contributed by atoms with van der Waals surface area (Å²) in [5, 5.41) is 0. The van der Waals surface area contributed by atoms with Crippen molar-refractivity contribution in [3.8, 4) is 17.1 Å². The van der Waals surface area contributed by atoms with Gasteiger partial charge in [0.2, 0.25) is 0 Å². The van der Waals surface area contributed by atoms with Gasteiger partial charge >= 0.3 is 0 Å². The summed E-state index contributed by atoms with van der Waals surface area (Å²) in [4.78, 5) is 8.80. The first-order valence-electron chi connectivity index (χ1n) is 5.91. The van der Waals surface area contributed by atoms with E-state index in [-0.39, 0.29) is 6.04 Å². The fourth-order valence-electron chi connectivity index (χ4n) is 1.74. The molecule has 0 amide bonds. The van der Waals surface area contributed by atoms with Gasteiger partial charge in [0.15, 0.2) is 5.82 Å². The minimum Gasteiger partial charge on any atom is -0.497 e. The van der Waals surface area contributed by atoms with Crippen LogP contribution in [0.3, 0.4) is 0 Å². The summed E-state index contributed by atoms with van der Waals surface area (Å²) in [6.07, 6.45) is 2.51. The molecule has 1 aromatic heterocycles. The van der Waals surface area contributed by atoms with E-state index in [0.717, 1.165) is 23.4 Å². The number of rotatable bonds is 4. The van der Waals surface area contributed by atoms with E-state index in [1.54, 1.807) is 13.3 Å². The van der Waals surface area contributed by atoms with Crippen LogP contribution in [-0.2, 0) is 6.42 Å². The fraction of sp³-hybridized carbons (Fsp3) is 0.286. The number of nitrogens with two attached hydrogens (primary N) is 1. The summed E-state index contributed by atoms with van der Waals surface area (Å²) >= 11 is 0. The summed E-state index contributed by atoms with van der Waals surface area (Å²) in [6.45, 7) is 1.97. The molecular weight excluding hydrogens is 226 g/mol. The van der Waals surface area contributed by atoms with Crippen molar-refractivity contribution >= 4 is 0 Å². The van der Waals surface area contributed by atoms with E-state index in [1.165, 1.54) is 0 Å². The van der Waals surface area contributed by atoms with Crippen molar-refractivity contribution in [3.63, 3.8) is 0 Å². The Morgan fingerprint density at radius 3 is 2.89 bits per heavy atom. The third-order valence-corrected chi connectivity index (χ3v) is 2.57. The van der Waals surface area contributed by atoms with Crippen LogP contribution < -0.4 is 10.5 Å². The predicted octanol–water partition coefficient (Wildman–Crippen LogP) is 2.04. The van der Waals surface area contributed by atoms with Crippen LogP contribution in [0.1, 0.15) is 12.6 Å². The topological polar surface area (TPSA) is 61.0 Å². The molecule has 4 heteroatoms. The fourth-order valence-corrected chi connectivity index (χ4v) is 1.74. The summed E-state index contributed by atoms with van der Waals surface area (Å²) in [5.74, 6) is 1.50. The Labute approximate surface area is 107 Å². The lowest BCUT2D eigenvalue weighted by molar-refractivity contribution is 0.415. The average Bonchev–Trinajstić information content (AvgIpc) is 2.38. The normalized spacial score (nSPS) is 12.2. The lowest BCUT2D eigenvalue weighted by Crippen LogP contribution is -2.18. The highest BCUT2D eigenvalue weighted by molar-refractivity contribution is 5.57. The zero-order valence-corrected chi connectivity index (χ0v) is 10.6. The molecule has 18 heavy (non-hydrogen) atoms. The van der Waals surface area contributed by atoms with Gasteiger partial charge in [-0.05, 0) is 25.1 Å². The Kier molecular flexibility index (Phi) is 3.89. The van der Waals surface area contributed by atoms with E-state index in [4.69, 9.17) is 10.5 Å². The molecule has 0 fully saturated rings. The van der Waals surface area contributed by atoms with Crippen molar-refractivity contribution in [2.75, 3.05) is 7.11 Å². The van der Waals surface area contributed by atoms with Gasteiger partial charge in [0.1, 0.15) is 5.75 Å². The summed E-state index contributed by atoms with van der Waals surface area (Å²) in [7, 11) is 1.65. The molecule has 1 aromatic carbocycles. The molecule has 0 saturated heterocycles. The number of benzene rings is 1. The molecule has 0 aliphatic heterocycles. The van der Waals surface area contributed by atoms with Gasteiger partial charge in [-0.1, -0.05) is 12.1 Å². The Bertz CT molecular complexity index is 526. The number of hydrogen-bond donors (Lipinski definition) is 1. The molecule has 2 N–H and O–H groups in total. The highest BCUT2D eigenvalue weighted by Gasteiger charge is 2.05. The van der Waals surface area contributed by atoms with Crippen LogP contribution in [0, 0.1) is 0 Å². The Morgan fingerprint density at radius 2 is 2.17 bits per heavy atom. The van der Waals surface area contributed by atoms with E-state index < -0.39 is 0 Å². The summed E-state index contributed by atoms with van der Waals surface area (Å²) < 4.78 is 5.20. The molecule has 0 spiro atoms. The SMILES string of the molecule is COc1cccc(-c2nccc(CC(C)N)n2)c1. The first-order valence-corrected chi connectivity index (χ1v) is 5.91. The predicted molar refractivity (Wildman–Crippen MR) is 71.4 cm³/mol. The van der Waals surface area contributed by atoms with Crippen LogP contribution in [0.4, 0.5) is 0 Å². The van der Waals surface area contributed by atoms with Gasteiger partial charge in [-0.3, -0.25) is 0 Å². The first kappa shape index (κ1) is 12.5. The highest BCUT2D eigenvalue weighted by Crippen LogP contribution is 2.20. The molecule has 0 saturated carbocycles. The van der Waals surface area contributed by atoms with E-state index in [9.17, 15) is 0 Å². The maximum Gasteiger partial charge on any atom is 0.159 e. The standard InChI is InChI=1S/C14H17N3O/c1-10(15)8-12-6-7-16-14(17-12)11-4-3-5-13(9-11)18-2/h3-7,9-10H,8,15H2,1-2H3. The summed E-state index contributed by atoms with van der Waals surface area (Å²) in [6, 6.07) is 9.70. The molecule has 1 unspecified atom stereocenters. The van der Waals surface area contributed by atoms with Gasteiger partial charge in [0, 0.05) is 29.9 Å². The van der Waals surface area contributed by atoms with E-state index in [0.29, 0.717) is 5.82 Å². The van der Waals surface area contributed by atoms with Gasteiger partial charge < -0.3 is 10.5 Å². The van der Waals surface area contributed by atoms with Crippen LogP contribution >= 0.6 is 0 Å². The molecule has 94 valence electrons. The Balaban J connectivity index is 2.32. The molecule has 0 radical (unpaired) electrons. The van der Waals surface area contributed by atoms with Crippen molar-refractivity contribution in [1.29, 1.82) is 0 Å². The van der Waals surface area contributed by atoms with E-state index >= 15 is 0 Å². The van der Waals surface area contributed by atoms with Crippen molar-refractivity contribution in [3.05, 3.63) is 42.2 Å². The van der Waals surface area contributed by atoms with Crippen molar-refractivity contribution < 1.29 is 4.74 Å². The molecule has 0 aliphatic carbocycles. The van der Waals surface area contributed by atoms with Crippen LogP contribution in [-0.4, -0.2) is 23.1 Å². The number of aromatic nitrogens is 2. The van der Waals surface area contributed by atoms with Gasteiger partial charge in [-0.2, -0.15) is 0 Å². The third-order valence-electron chi connectivity index (χ3n) is 2.57. The van der Waals surface area contributed by atoms with Crippen LogP contribution in [0.15, 0.2) is 36.5 Å². The lowest BCUT2D eigenvalue weighted by atomic mass is 10.1. The van der Waals surface area contributed by atoms with E-state index in [1.807, 2.05) is 37.3 Å². The number of methoxy groups -OCH3 is 1. The molecule has 2 aromatic rings. The van der Waals surface area contributed by atoms with Crippen molar-refractivity contribution in [2.45, 2.75) is 19.4 Å². The average molecular weight is 243 g/mol. The lowest BCUT2D eigenvalue weighted by Gasteiger charge is -2.07. The van der Waals surface area contributed by atoms with Gasteiger partial charge in [-0.15, -0.1) is 0 Å². The maximum atomic E-state index is 5.78. The largest absolute Gasteiger partial charge is 0.497 e. The van der Waals surface area contributed by atoms with Crippen molar-refractivity contribution in [1.82, 2.24) is 9.97 Å². The van der Waals surface area contributed by atoms with Gasteiger partial charge in [-0.25, -0.2) is 9.97 Å². The second kappa shape index (κ2) is 5.60. The third kappa shape index (κ3) is 3.05. The van der Waals surface area contributed by atoms with Gasteiger partial charge in [0.05, 0.1) is 7.11 Å².